The van der Waals surface area contributed by atoms with Gasteiger partial charge < -0.3 is 25.4 Å². The van der Waals surface area contributed by atoms with Crippen LogP contribution in [0.3, 0.4) is 0 Å². The number of hydrogen-bond acceptors (Lipinski definition) is 7. The lowest BCUT2D eigenvalue weighted by Crippen LogP contribution is -2.35. The maximum Gasteiger partial charge on any atom is 0.230 e. The van der Waals surface area contributed by atoms with Crippen LogP contribution in [0.25, 0.3) is 55.1 Å². The van der Waals surface area contributed by atoms with Crippen LogP contribution in [-0.4, -0.2) is 41.1 Å². The molecule has 0 bridgehead atoms. The number of anilines is 2. The molecule has 0 aliphatic heterocycles. The van der Waals surface area contributed by atoms with Gasteiger partial charge >= 0.3 is 0 Å². The first-order valence-corrected chi connectivity index (χ1v) is 19.4. The van der Waals surface area contributed by atoms with Gasteiger partial charge in [-0.3, -0.25) is 19.6 Å². The number of hydrogen-bond donors (Lipinski definition) is 3. The molecule has 0 saturated heterocycles. The van der Waals surface area contributed by atoms with Crippen molar-refractivity contribution in [1.29, 1.82) is 0 Å². The summed E-state index contributed by atoms with van der Waals surface area (Å²) in [6.45, 7) is 0. The molecule has 290 valence electrons. The van der Waals surface area contributed by atoms with E-state index in [-0.39, 0.29) is 29.8 Å². The Morgan fingerprint density at radius 1 is 0.559 bits per heavy atom. The van der Waals surface area contributed by atoms with Gasteiger partial charge in [-0.1, -0.05) is 91.0 Å². The second-order valence-electron chi connectivity index (χ2n) is 13.9. The minimum absolute atomic E-state index is 0.123. The van der Waals surface area contributed by atoms with Crippen molar-refractivity contribution in [2.45, 2.75) is 12.8 Å². The lowest BCUT2D eigenvalue weighted by Gasteiger charge is -2.17. The van der Waals surface area contributed by atoms with E-state index in [4.69, 9.17) is 26.7 Å². The van der Waals surface area contributed by atoms with Crippen molar-refractivity contribution in [3.8, 4) is 45.0 Å². The lowest BCUT2D eigenvalue weighted by molar-refractivity contribution is -0.119. The van der Waals surface area contributed by atoms with Gasteiger partial charge in [0.25, 0.3) is 0 Å². The van der Waals surface area contributed by atoms with E-state index >= 15 is 0 Å². The molecule has 0 radical (unpaired) electrons. The average Bonchev–Trinajstić information content (AvgIpc) is 3.26. The average molecular weight is 794 g/mol. The molecular formula is C49H39N5O4S. The van der Waals surface area contributed by atoms with Gasteiger partial charge in [-0.05, 0) is 105 Å². The van der Waals surface area contributed by atoms with Crippen LogP contribution in [0.5, 0.6) is 11.5 Å². The molecule has 0 atom stereocenters. The number of benzene rings is 6. The lowest BCUT2D eigenvalue weighted by atomic mass is 9.91. The summed E-state index contributed by atoms with van der Waals surface area (Å²) in [5, 5.41) is 12.8. The summed E-state index contributed by atoms with van der Waals surface area (Å²) in [7, 11) is 3.30. The molecule has 2 heterocycles. The maximum absolute atomic E-state index is 13.3. The molecule has 8 rings (SSSR count). The third-order valence-electron chi connectivity index (χ3n) is 10.1. The zero-order valence-corrected chi connectivity index (χ0v) is 33.2. The van der Waals surface area contributed by atoms with Crippen LogP contribution in [0.15, 0.2) is 158 Å². The number of carbonyl (C=O) groups is 2. The van der Waals surface area contributed by atoms with Crippen molar-refractivity contribution in [1.82, 2.24) is 15.3 Å². The quantitative estimate of drug-likeness (QED) is 0.111. The van der Waals surface area contributed by atoms with E-state index in [2.05, 4.69) is 27.0 Å². The second kappa shape index (κ2) is 17.4. The highest BCUT2D eigenvalue weighted by Gasteiger charge is 2.18. The van der Waals surface area contributed by atoms with Crippen molar-refractivity contribution in [2.24, 2.45) is 0 Å². The molecule has 0 aliphatic carbocycles. The van der Waals surface area contributed by atoms with Gasteiger partial charge in [-0.15, -0.1) is 0 Å². The molecule has 0 spiro atoms. The SMILES string of the molecule is COc1ccc(-c2ccc(NC(=S)NC(=O)Cc3ccccc3)cc2)c2cc(-c3cc(NC(=O)Cc4ccccc4)ccc3-c3ccc(OC)c4cnccc34)ncc12. The highest BCUT2D eigenvalue weighted by molar-refractivity contribution is 7.80. The van der Waals surface area contributed by atoms with Crippen LogP contribution < -0.4 is 25.4 Å². The third kappa shape index (κ3) is 8.63. The van der Waals surface area contributed by atoms with Crippen LogP contribution in [0.2, 0.25) is 0 Å². The van der Waals surface area contributed by atoms with Gasteiger partial charge in [0.05, 0.1) is 32.8 Å². The summed E-state index contributed by atoms with van der Waals surface area (Å²) in [4.78, 5) is 35.3. The number of aromatic nitrogens is 2. The molecule has 0 unspecified atom stereocenters. The van der Waals surface area contributed by atoms with Crippen molar-refractivity contribution in [3.05, 3.63) is 169 Å². The number of carbonyl (C=O) groups excluding carboxylic acids is 2. The van der Waals surface area contributed by atoms with Crippen molar-refractivity contribution < 1.29 is 19.1 Å². The molecule has 0 saturated carbocycles. The monoisotopic (exact) mass is 793 g/mol. The molecule has 59 heavy (non-hydrogen) atoms. The predicted molar refractivity (Wildman–Crippen MR) is 240 cm³/mol. The fraction of sp³-hybridized carbons (Fsp3) is 0.0816. The summed E-state index contributed by atoms with van der Waals surface area (Å²) in [5.74, 6) is 1.09. The molecule has 8 aromatic rings. The van der Waals surface area contributed by atoms with Crippen LogP contribution in [0.1, 0.15) is 11.1 Å². The molecule has 9 nitrogen and oxygen atoms in total. The first kappa shape index (κ1) is 38.4. The van der Waals surface area contributed by atoms with E-state index in [0.717, 1.165) is 71.9 Å². The van der Waals surface area contributed by atoms with E-state index in [1.165, 1.54) is 0 Å². The smallest absolute Gasteiger partial charge is 0.230 e. The molecule has 0 aliphatic rings. The number of ether oxygens (including phenoxy) is 2. The molecular weight excluding hydrogens is 755 g/mol. The second-order valence-corrected chi connectivity index (χ2v) is 14.3. The van der Waals surface area contributed by atoms with Gasteiger partial charge in [-0.2, -0.15) is 0 Å². The highest BCUT2D eigenvalue weighted by atomic mass is 32.1. The normalized spacial score (nSPS) is 10.9. The van der Waals surface area contributed by atoms with Crippen LogP contribution >= 0.6 is 12.2 Å². The Labute approximate surface area is 347 Å². The van der Waals surface area contributed by atoms with Crippen molar-refractivity contribution in [2.75, 3.05) is 24.9 Å². The Balaban J connectivity index is 1.16. The zero-order chi connectivity index (χ0) is 40.7. The first-order valence-electron chi connectivity index (χ1n) is 19.0. The minimum atomic E-state index is -0.195. The molecule has 0 fully saturated rings. The fourth-order valence-corrected chi connectivity index (χ4v) is 7.50. The van der Waals surface area contributed by atoms with Crippen molar-refractivity contribution in [3.63, 3.8) is 0 Å². The zero-order valence-electron chi connectivity index (χ0n) is 32.4. The van der Waals surface area contributed by atoms with Crippen LogP contribution in [0, 0.1) is 0 Å². The molecule has 2 amide bonds. The maximum atomic E-state index is 13.3. The van der Waals surface area contributed by atoms with Gasteiger partial charge in [0.15, 0.2) is 5.11 Å². The summed E-state index contributed by atoms with van der Waals surface area (Å²) in [6.07, 6.45) is 5.88. The molecule has 6 aromatic carbocycles. The molecule has 10 heteroatoms. The Morgan fingerprint density at radius 2 is 1.17 bits per heavy atom. The Bertz CT molecular complexity index is 2830. The number of amides is 2. The largest absolute Gasteiger partial charge is 0.496 e. The van der Waals surface area contributed by atoms with Gasteiger partial charge in [0, 0.05) is 46.3 Å². The van der Waals surface area contributed by atoms with Gasteiger partial charge in [0.2, 0.25) is 11.8 Å². The topological polar surface area (TPSA) is 114 Å². The van der Waals surface area contributed by atoms with Crippen LogP contribution in [-0.2, 0) is 22.4 Å². The van der Waals surface area contributed by atoms with Gasteiger partial charge in [0.1, 0.15) is 11.5 Å². The summed E-state index contributed by atoms with van der Waals surface area (Å²) in [6, 6.07) is 45.0. The highest BCUT2D eigenvalue weighted by Crippen LogP contribution is 2.42. The number of nitrogens with one attached hydrogen (secondary N) is 3. The van der Waals surface area contributed by atoms with E-state index in [0.29, 0.717) is 17.1 Å². The Hall–Kier alpha value is -7.43. The third-order valence-corrected chi connectivity index (χ3v) is 10.3. The van der Waals surface area contributed by atoms with E-state index in [9.17, 15) is 9.59 Å². The summed E-state index contributed by atoms with van der Waals surface area (Å²) < 4.78 is 11.5. The molecule has 3 N–H and O–H groups in total. The number of nitrogens with zero attached hydrogens (tertiary/aromatic N) is 2. The number of thiocarbonyl (C=S) groups is 1. The molecule has 2 aromatic heterocycles. The predicted octanol–water partition coefficient (Wildman–Crippen LogP) is 10.0. The van der Waals surface area contributed by atoms with E-state index in [1.807, 2.05) is 140 Å². The van der Waals surface area contributed by atoms with E-state index < -0.39 is 0 Å². The first-order chi connectivity index (χ1) is 28.9. The number of methoxy groups -OCH3 is 2. The standard InChI is InChI=1S/C49H39N5O4S/c1-57-45-22-20-37(39-23-24-50-29-42(39)45)38-18-17-35(52-47(55)25-31-9-5-3-6-10-31)27-41(38)44-28-40-36(19-21-46(58-2)43(40)30-51-44)33-13-15-34(16-14-33)53-49(59)54-48(56)26-32-11-7-4-8-12-32/h3-24,27-30H,25-26H2,1-2H3,(H,52,55)(H2,53,54,56,59). The van der Waals surface area contributed by atoms with Crippen LogP contribution in [0.4, 0.5) is 11.4 Å². The Kier molecular flexibility index (Phi) is 11.3. The minimum Gasteiger partial charge on any atom is -0.496 e. The number of pyridine rings is 2. The number of fused-ring (bicyclic) bond motifs is 2. The van der Waals surface area contributed by atoms with E-state index in [1.54, 1.807) is 26.6 Å². The fourth-order valence-electron chi connectivity index (χ4n) is 7.27. The number of rotatable bonds is 11. The summed E-state index contributed by atoms with van der Waals surface area (Å²) in [5.41, 5.74) is 8.54. The van der Waals surface area contributed by atoms with Gasteiger partial charge in [-0.25, -0.2) is 0 Å². The summed E-state index contributed by atoms with van der Waals surface area (Å²) >= 11 is 5.46. The Morgan fingerprint density at radius 3 is 1.85 bits per heavy atom. The van der Waals surface area contributed by atoms with Crippen molar-refractivity contribution >= 4 is 62.1 Å².